The Bertz CT molecular complexity index is 314. The van der Waals surface area contributed by atoms with Crippen LogP contribution in [0.1, 0.15) is 25.7 Å². The van der Waals surface area contributed by atoms with E-state index in [1.54, 1.807) is 0 Å². The molecule has 2 atom stereocenters. The molecule has 0 aromatic heterocycles. The number of nitrogens with one attached hydrogen (secondary N) is 1. The number of halogens is 3. The van der Waals surface area contributed by atoms with Gasteiger partial charge in [-0.1, -0.05) is 12.8 Å². The number of nitrogens with zero attached hydrogens (tertiary/aromatic N) is 2. The average Bonchev–Trinajstić information content (AvgIpc) is 2.71. The van der Waals surface area contributed by atoms with Gasteiger partial charge in [0.2, 0.25) is 0 Å². The van der Waals surface area contributed by atoms with E-state index in [9.17, 15) is 13.2 Å². The fraction of sp³-hybridized carbons (Fsp3) is 0.917. The Balaban J connectivity index is 1.90. The summed E-state index contributed by atoms with van der Waals surface area (Å²) in [5.74, 6) is -0.719. The first-order valence-corrected chi connectivity index (χ1v) is 6.54. The Morgan fingerprint density at radius 3 is 2.67 bits per heavy atom. The van der Waals surface area contributed by atoms with E-state index in [1.807, 2.05) is 11.9 Å². The van der Waals surface area contributed by atoms with Crippen molar-refractivity contribution >= 4 is 5.96 Å². The highest BCUT2D eigenvalue weighted by molar-refractivity contribution is 5.81. The van der Waals surface area contributed by atoms with Crippen molar-refractivity contribution in [1.82, 2.24) is 10.2 Å². The van der Waals surface area contributed by atoms with Crippen molar-refractivity contribution in [2.24, 2.45) is 16.8 Å². The molecule has 6 heteroatoms. The molecule has 1 fully saturated rings. The van der Waals surface area contributed by atoms with Gasteiger partial charge in [0.1, 0.15) is 0 Å². The van der Waals surface area contributed by atoms with Crippen LogP contribution < -0.4 is 5.32 Å². The molecule has 0 radical (unpaired) electrons. The first-order valence-electron chi connectivity index (χ1n) is 6.54. The maximum Gasteiger partial charge on any atom is 0.392 e. The molecule has 2 unspecified atom stereocenters. The molecule has 0 bridgehead atoms. The first kappa shape index (κ1) is 13.5. The molecule has 1 aliphatic heterocycles. The maximum atomic E-state index is 12.9. The molecule has 18 heavy (non-hydrogen) atoms. The van der Waals surface area contributed by atoms with Gasteiger partial charge in [-0.3, -0.25) is 4.99 Å². The van der Waals surface area contributed by atoms with E-state index in [-0.39, 0.29) is 12.3 Å². The van der Waals surface area contributed by atoms with Gasteiger partial charge in [-0.2, -0.15) is 13.2 Å². The molecule has 0 saturated heterocycles. The van der Waals surface area contributed by atoms with Crippen LogP contribution >= 0.6 is 0 Å². The van der Waals surface area contributed by atoms with Crippen LogP contribution in [0.5, 0.6) is 0 Å². The zero-order valence-electron chi connectivity index (χ0n) is 10.6. The number of hydrogen-bond donors (Lipinski definition) is 1. The molecule has 2 aliphatic rings. The van der Waals surface area contributed by atoms with Crippen LogP contribution in [0.25, 0.3) is 0 Å². The summed E-state index contributed by atoms with van der Waals surface area (Å²) in [5.41, 5.74) is 0. The van der Waals surface area contributed by atoms with Crippen molar-refractivity contribution in [3.8, 4) is 0 Å². The predicted molar refractivity (Wildman–Crippen MR) is 64.4 cm³/mol. The first-order chi connectivity index (χ1) is 8.48. The molecule has 1 saturated carbocycles. The number of rotatable bonds is 2. The Kier molecular flexibility index (Phi) is 4.02. The molecule has 1 N–H and O–H groups in total. The second-order valence-electron chi connectivity index (χ2n) is 5.20. The second kappa shape index (κ2) is 5.36. The lowest BCUT2D eigenvalue weighted by atomic mass is 9.79. The quantitative estimate of drug-likeness (QED) is 0.827. The standard InChI is InChI=1S/C12H20F3N3/c1-18-7-6-16-11(18)17-8-9-4-2-3-5-10(9)12(13,14)15/h9-10H,2-8H2,1H3,(H,16,17). The minimum Gasteiger partial charge on any atom is -0.356 e. The lowest BCUT2D eigenvalue weighted by Crippen LogP contribution is -2.43. The maximum absolute atomic E-state index is 12.9. The number of aliphatic imine (C=N–C) groups is 1. The summed E-state index contributed by atoms with van der Waals surface area (Å²) in [6, 6.07) is 0. The topological polar surface area (TPSA) is 27.6 Å². The Labute approximate surface area is 105 Å². The molecule has 0 amide bonds. The average molecular weight is 263 g/mol. The lowest BCUT2D eigenvalue weighted by molar-refractivity contribution is -0.195. The number of alkyl halides is 3. The molecule has 1 heterocycles. The van der Waals surface area contributed by atoms with Gasteiger partial charge in [0, 0.05) is 20.1 Å². The summed E-state index contributed by atoms with van der Waals surface area (Å²) in [7, 11) is 1.90. The predicted octanol–water partition coefficient (Wildman–Crippen LogP) is 2.25. The zero-order chi connectivity index (χ0) is 13.2. The minimum absolute atomic E-state index is 0.276. The van der Waals surface area contributed by atoms with Gasteiger partial charge in [0.05, 0.1) is 12.5 Å². The van der Waals surface area contributed by atoms with Crippen LogP contribution in [-0.2, 0) is 0 Å². The molecule has 0 aromatic rings. The largest absolute Gasteiger partial charge is 0.392 e. The van der Waals surface area contributed by atoms with E-state index in [0.717, 1.165) is 25.5 Å². The van der Waals surface area contributed by atoms with Gasteiger partial charge in [0.25, 0.3) is 0 Å². The molecule has 1 aliphatic carbocycles. The van der Waals surface area contributed by atoms with E-state index in [1.165, 1.54) is 0 Å². The molecule has 3 nitrogen and oxygen atoms in total. The van der Waals surface area contributed by atoms with Gasteiger partial charge in [0.15, 0.2) is 5.96 Å². The lowest BCUT2D eigenvalue weighted by Gasteiger charge is -2.33. The van der Waals surface area contributed by atoms with E-state index < -0.39 is 12.1 Å². The number of hydrogen-bond acceptors (Lipinski definition) is 3. The third-order valence-corrected chi connectivity index (χ3v) is 3.91. The third-order valence-electron chi connectivity index (χ3n) is 3.91. The number of guanidine groups is 1. The van der Waals surface area contributed by atoms with E-state index >= 15 is 0 Å². The Morgan fingerprint density at radius 1 is 1.33 bits per heavy atom. The summed E-state index contributed by atoms with van der Waals surface area (Å²) in [6.45, 7) is 1.95. The van der Waals surface area contributed by atoms with Crippen LogP contribution in [0.4, 0.5) is 13.2 Å². The number of likely N-dealkylation sites (N-methyl/N-ethyl adjacent to an activating group) is 1. The summed E-state index contributed by atoms with van der Waals surface area (Å²) >= 11 is 0. The zero-order valence-corrected chi connectivity index (χ0v) is 10.6. The Hall–Kier alpha value is -0.940. The van der Waals surface area contributed by atoms with Gasteiger partial charge >= 0.3 is 6.18 Å². The van der Waals surface area contributed by atoms with Crippen LogP contribution in [0, 0.1) is 11.8 Å². The minimum atomic E-state index is -4.06. The molecular formula is C12H20F3N3. The van der Waals surface area contributed by atoms with Crippen molar-refractivity contribution in [2.45, 2.75) is 31.9 Å². The summed E-state index contributed by atoms with van der Waals surface area (Å²) in [5, 5.41) is 3.08. The van der Waals surface area contributed by atoms with E-state index in [4.69, 9.17) is 0 Å². The SMILES string of the molecule is CN1CCN=C1NCC1CCCCC1C(F)(F)F. The van der Waals surface area contributed by atoms with Gasteiger partial charge in [-0.15, -0.1) is 0 Å². The second-order valence-corrected chi connectivity index (χ2v) is 5.20. The fourth-order valence-corrected chi connectivity index (χ4v) is 2.83. The molecule has 2 rings (SSSR count). The van der Waals surface area contributed by atoms with E-state index in [0.29, 0.717) is 19.4 Å². The van der Waals surface area contributed by atoms with Crippen LogP contribution in [0.2, 0.25) is 0 Å². The van der Waals surface area contributed by atoms with Gasteiger partial charge < -0.3 is 10.2 Å². The monoisotopic (exact) mass is 263 g/mol. The van der Waals surface area contributed by atoms with Crippen molar-refractivity contribution in [1.29, 1.82) is 0 Å². The van der Waals surface area contributed by atoms with Crippen molar-refractivity contribution in [2.75, 3.05) is 26.7 Å². The normalized spacial score (nSPS) is 29.3. The Morgan fingerprint density at radius 2 is 2.06 bits per heavy atom. The summed E-state index contributed by atoms with van der Waals surface area (Å²) < 4.78 is 38.7. The van der Waals surface area contributed by atoms with Crippen LogP contribution in [0.3, 0.4) is 0 Å². The highest BCUT2D eigenvalue weighted by Crippen LogP contribution is 2.41. The van der Waals surface area contributed by atoms with Crippen LogP contribution in [0.15, 0.2) is 4.99 Å². The van der Waals surface area contributed by atoms with E-state index in [2.05, 4.69) is 10.3 Å². The van der Waals surface area contributed by atoms with Crippen molar-refractivity contribution in [3.63, 3.8) is 0 Å². The summed E-state index contributed by atoms with van der Waals surface area (Å²) in [4.78, 5) is 6.19. The molecular weight excluding hydrogens is 243 g/mol. The van der Waals surface area contributed by atoms with Crippen molar-refractivity contribution in [3.05, 3.63) is 0 Å². The highest BCUT2D eigenvalue weighted by Gasteiger charge is 2.45. The summed E-state index contributed by atoms with van der Waals surface area (Å²) in [6.07, 6.45) is -1.52. The molecule has 104 valence electrons. The molecule has 0 spiro atoms. The molecule has 0 aromatic carbocycles. The van der Waals surface area contributed by atoms with Gasteiger partial charge in [-0.05, 0) is 18.8 Å². The van der Waals surface area contributed by atoms with Gasteiger partial charge in [-0.25, -0.2) is 0 Å². The third kappa shape index (κ3) is 3.09. The van der Waals surface area contributed by atoms with Crippen molar-refractivity contribution < 1.29 is 13.2 Å². The fourth-order valence-electron chi connectivity index (χ4n) is 2.83. The smallest absolute Gasteiger partial charge is 0.356 e. The highest BCUT2D eigenvalue weighted by atomic mass is 19.4. The van der Waals surface area contributed by atoms with Crippen LogP contribution in [-0.4, -0.2) is 43.7 Å².